The molecular formula is C10H18N4O. The number of carbonyl (C=O) groups excluding carboxylic acids is 1. The SMILES string of the molecule is CCC(C)(CN)NC(=O)c1cnn(C)c1. The molecule has 5 nitrogen and oxygen atoms in total. The van der Waals surface area contributed by atoms with Crippen molar-refractivity contribution in [3.8, 4) is 0 Å². The topological polar surface area (TPSA) is 72.9 Å². The van der Waals surface area contributed by atoms with Crippen molar-refractivity contribution in [2.75, 3.05) is 6.54 Å². The van der Waals surface area contributed by atoms with Crippen molar-refractivity contribution in [2.24, 2.45) is 12.8 Å². The molecule has 0 saturated heterocycles. The van der Waals surface area contributed by atoms with Crippen LogP contribution in [0.2, 0.25) is 0 Å². The summed E-state index contributed by atoms with van der Waals surface area (Å²) in [5.74, 6) is -0.127. The molecule has 15 heavy (non-hydrogen) atoms. The second kappa shape index (κ2) is 4.44. The summed E-state index contributed by atoms with van der Waals surface area (Å²) < 4.78 is 1.60. The van der Waals surface area contributed by atoms with Gasteiger partial charge in [0.2, 0.25) is 0 Å². The van der Waals surface area contributed by atoms with Crippen LogP contribution >= 0.6 is 0 Å². The van der Waals surface area contributed by atoms with Crippen LogP contribution in [0.1, 0.15) is 30.6 Å². The number of carbonyl (C=O) groups is 1. The fraction of sp³-hybridized carbons (Fsp3) is 0.600. The number of aryl methyl sites for hydroxylation is 1. The zero-order valence-corrected chi connectivity index (χ0v) is 9.45. The molecule has 0 radical (unpaired) electrons. The quantitative estimate of drug-likeness (QED) is 0.749. The Morgan fingerprint density at radius 1 is 1.73 bits per heavy atom. The van der Waals surface area contributed by atoms with E-state index in [1.165, 1.54) is 0 Å². The van der Waals surface area contributed by atoms with Gasteiger partial charge in [0.1, 0.15) is 0 Å². The molecular weight excluding hydrogens is 192 g/mol. The van der Waals surface area contributed by atoms with Crippen molar-refractivity contribution in [3.05, 3.63) is 18.0 Å². The van der Waals surface area contributed by atoms with E-state index in [9.17, 15) is 4.79 Å². The molecule has 1 aromatic rings. The fourth-order valence-electron chi connectivity index (χ4n) is 1.17. The summed E-state index contributed by atoms with van der Waals surface area (Å²) in [5.41, 5.74) is 5.83. The van der Waals surface area contributed by atoms with Gasteiger partial charge < -0.3 is 11.1 Å². The van der Waals surface area contributed by atoms with Gasteiger partial charge in [-0.2, -0.15) is 5.10 Å². The lowest BCUT2D eigenvalue weighted by Gasteiger charge is -2.27. The minimum atomic E-state index is -0.340. The predicted molar refractivity (Wildman–Crippen MR) is 58.4 cm³/mol. The van der Waals surface area contributed by atoms with Gasteiger partial charge in [-0.1, -0.05) is 6.92 Å². The molecule has 1 rings (SSSR count). The summed E-state index contributed by atoms with van der Waals surface area (Å²) in [6.07, 6.45) is 4.03. The van der Waals surface area contributed by atoms with Crippen LogP contribution in [0.25, 0.3) is 0 Å². The molecule has 5 heteroatoms. The van der Waals surface area contributed by atoms with Gasteiger partial charge in [-0.15, -0.1) is 0 Å². The van der Waals surface area contributed by atoms with E-state index in [0.29, 0.717) is 12.1 Å². The number of nitrogens with one attached hydrogen (secondary N) is 1. The monoisotopic (exact) mass is 210 g/mol. The van der Waals surface area contributed by atoms with Gasteiger partial charge in [0.15, 0.2) is 0 Å². The third kappa shape index (κ3) is 2.79. The Hall–Kier alpha value is -1.36. The first-order valence-corrected chi connectivity index (χ1v) is 5.02. The van der Waals surface area contributed by atoms with Crippen LogP contribution in [0, 0.1) is 0 Å². The van der Waals surface area contributed by atoms with Crippen LogP contribution < -0.4 is 11.1 Å². The van der Waals surface area contributed by atoms with Crippen LogP contribution in [0.3, 0.4) is 0 Å². The lowest BCUT2D eigenvalue weighted by Crippen LogP contribution is -2.50. The van der Waals surface area contributed by atoms with Crippen molar-refractivity contribution < 1.29 is 4.79 Å². The lowest BCUT2D eigenvalue weighted by molar-refractivity contribution is 0.0906. The molecule has 1 unspecified atom stereocenters. The Bertz CT molecular complexity index is 341. The van der Waals surface area contributed by atoms with Crippen molar-refractivity contribution in [1.82, 2.24) is 15.1 Å². The van der Waals surface area contributed by atoms with Crippen molar-refractivity contribution >= 4 is 5.91 Å². The van der Waals surface area contributed by atoms with Crippen LogP contribution in [0.15, 0.2) is 12.4 Å². The molecule has 0 fully saturated rings. The van der Waals surface area contributed by atoms with Gasteiger partial charge >= 0.3 is 0 Å². The Morgan fingerprint density at radius 2 is 2.40 bits per heavy atom. The summed E-state index contributed by atoms with van der Waals surface area (Å²) in [4.78, 5) is 11.8. The molecule has 1 amide bonds. The van der Waals surface area contributed by atoms with E-state index >= 15 is 0 Å². The van der Waals surface area contributed by atoms with Crippen molar-refractivity contribution in [3.63, 3.8) is 0 Å². The number of hydrogen-bond donors (Lipinski definition) is 2. The average molecular weight is 210 g/mol. The van der Waals surface area contributed by atoms with E-state index in [4.69, 9.17) is 5.73 Å². The Labute approximate surface area is 89.6 Å². The Balaban J connectivity index is 2.71. The second-order valence-electron chi connectivity index (χ2n) is 3.98. The zero-order chi connectivity index (χ0) is 11.5. The van der Waals surface area contributed by atoms with Crippen LogP contribution in [0.5, 0.6) is 0 Å². The summed E-state index contributed by atoms with van der Waals surface area (Å²) in [6.45, 7) is 4.35. The highest BCUT2D eigenvalue weighted by Gasteiger charge is 2.23. The Kier molecular flexibility index (Phi) is 3.47. The maximum atomic E-state index is 11.8. The second-order valence-corrected chi connectivity index (χ2v) is 3.98. The number of aromatic nitrogens is 2. The lowest BCUT2D eigenvalue weighted by atomic mass is 9.99. The first-order chi connectivity index (χ1) is 7.00. The first-order valence-electron chi connectivity index (χ1n) is 5.02. The van der Waals surface area contributed by atoms with Crippen LogP contribution in [-0.2, 0) is 7.05 Å². The van der Waals surface area contributed by atoms with Gasteiger partial charge in [0.05, 0.1) is 11.8 Å². The molecule has 0 saturated carbocycles. The maximum Gasteiger partial charge on any atom is 0.254 e. The summed E-state index contributed by atoms with van der Waals surface area (Å²) in [5, 5.41) is 6.85. The summed E-state index contributed by atoms with van der Waals surface area (Å²) in [7, 11) is 1.78. The fourth-order valence-corrected chi connectivity index (χ4v) is 1.17. The molecule has 0 aliphatic rings. The number of nitrogens with zero attached hydrogens (tertiary/aromatic N) is 2. The number of nitrogens with two attached hydrogens (primary N) is 1. The molecule has 0 aromatic carbocycles. The molecule has 84 valence electrons. The molecule has 1 heterocycles. The van der Waals surface area contributed by atoms with Crippen LogP contribution in [-0.4, -0.2) is 27.8 Å². The van der Waals surface area contributed by atoms with Gasteiger partial charge in [-0.25, -0.2) is 0 Å². The third-order valence-corrected chi connectivity index (χ3v) is 2.61. The van der Waals surface area contributed by atoms with Crippen LogP contribution in [0.4, 0.5) is 0 Å². The molecule has 1 atom stereocenters. The highest BCUT2D eigenvalue weighted by molar-refractivity contribution is 5.94. The molecule has 1 aromatic heterocycles. The normalized spacial score (nSPS) is 14.7. The smallest absolute Gasteiger partial charge is 0.254 e. The molecule has 0 bridgehead atoms. The third-order valence-electron chi connectivity index (χ3n) is 2.61. The van der Waals surface area contributed by atoms with E-state index in [0.717, 1.165) is 6.42 Å². The number of amides is 1. The van der Waals surface area contributed by atoms with Gasteiger partial charge in [-0.05, 0) is 13.3 Å². The van der Waals surface area contributed by atoms with E-state index in [1.807, 2.05) is 13.8 Å². The van der Waals surface area contributed by atoms with Gasteiger partial charge in [-0.3, -0.25) is 9.48 Å². The highest BCUT2D eigenvalue weighted by Crippen LogP contribution is 2.08. The molecule has 0 aliphatic heterocycles. The average Bonchev–Trinajstić information content (AvgIpc) is 2.65. The van der Waals surface area contributed by atoms with Gasteiger partial charge in [0, 0.05) is 25.3 Å². The van der Waals surface area contributed by atoms with E-state index in [-0.39, 0.29) is 11.4 Å². The van der Waals surface area contributed by atoms with Crippen molar-refractivity contribution in [1.29, 1.82) is 0 Å². The number of rotatable bonds is 4. The summed E-state index contributed by atoms with van der Waals surface area (Å²) in [6, 6.07) is 0. The van der Waals surface area contributed by atoms with E-state index < -0.39 is 0 Å². The van der Waals surface area contributed by atoms with E-state index in [2.05, 4.69) is 10.4 Å². The minimum absolute atomic E-state index is 0.127. The van der Waals surface area contributed by atoms with E-state index in [1.54, 1.807) is 24.1 Å². The molecule has 0 aliphatic carbocycles. The first kappa shape index (κ1) is 11.7. The standard InChI is InChI=1S/C10H18N4O/c1-4-10(2,7-11)13-9(15)8-5-12-14(3)6-8/h5-6H,4,7,11H2,1-3H3,(H,13,15). The number of hydrogen-bond acceptors (Lipinski definition) is 3. The minimum Gasteiger partial charge on any atom is -0.346 e. The highest BCUT2D eigenvalue weighted by atomic mass is 16.1. The van der Waals surface area contributed by atoms with Crippen molar-refractivity contribution in [2.45, 2.75) is 25.8 Å². The molecule has 3 N–H and O–H groups in total. The van der Waals surface area contributed by atoms with Gasteiger partial charge in [0.25, 0.3) is 5.91 Å². The largest absolute Gasteiger partial charge is 0.346 e. The maximum absolute atomic E-state index is 11.8. The Morgan fingerprint density at radius 3 is 2.80 bits per heavy atom. The summed E-state index contributed by atoms with van der Waals surface area (Å²) >= 11 is 0. The molecule has 0 spiro atoms. The zero-order valence-electron chi connectivity index (χ0n) is 9.45. The predicted octanol–water partition coefficient (Wildman–Crippen LogP) is 0.277.